The van der Waals surface area contributed by atoms with Gasteiger partial charge in [-0.25, -0.2) is 4.79 Å². The van der Waals surface area contributed by atoms with Crippen molar-refractivity contribution >= 4 is 22.6 Å². The zero-order chi connectivity index (χ0) is 23.2. The summed E-state index contributed by atoms with van der Waals surface area (Å²) in [5, 5.41) is 1.06. The number of ether oxygens (including phenoxy) is 2. The Morgan fingerprint density at radius 2 is 1.73 bits per heavy atom. The van der Waals surface area contributed by atoms with Gasteiger partial charge in [0.15, 0.2) is 5.60 Å². The second kappa shape index (κ2) is 8.09. The molecule has 33 heavy (non-hydrogen) atoms. The standard InChI is InChI=1S/C28H28N2O3/c1-19-17-20(29(2)3)13-14-23(19)28(24-11-7-5-10-22(24)27(31)33-28)25-18-30(15-16-32-4)26-12-8-6-9-21(25)26/h5-14,17-18H,15-16H2,1-4H3. The van der Waals surface area contributed by atoms with Gasteiger partial charge in [-0.1, -0.05) is 42.5 Å². The zero-order valence-corrected chi connectivity index (χ0v) is 19.5. The number of methoxy groups -OCH3 is 1. The SMILES string of the molecule is COCCn1cc(C2(c3ccc(N(C)C)cc3C)OC(=O)c3ccccc32)c2ccccc21. The maximum atomic E-state index is 13.2. The fourth-order valence-electron chi connectivity index (χ4n) is 4.99. The number of nitrogens with zero attached hydrogens (tertiary/aromatic N) is 2. The molecule has 0 saturated heterocycles. The van der Waals surface area contributed by atoms with Crippen LogP contribution in [0, 0.1) is 6.92 Å². The van der Waals surface area contributed by atoms with E-state index in [-0.39, 0.29) is 5.97 Å². The summed E-state index contributed by atoms with van der Waals surface area (Å²) in [5.41, 5.74) is 5.67. The molecule has 1 unspecified atom stereocenters. The van der Waals surface area contributed by atoms with Crippen LogP contribution in [0.25, 0.3) is 10.9 Å². The lowest BCUT2D eigenvalue weighted by atomic mass is 9.78. The number of aromatic nitrogens is 1. The monoisotopic (exact) mass is 440 g/mol. The molecule has 2 heterocycles. The largest absolute Gasteiger partial charge is 0.440 e. The van der Waals surface area contributed by atoms with Gasteiger partial charge >= 0.3 is 5.97 Å². The Morgan fingerprint density at radius 1 is 0.970 bits per heavy atom. The lowest BCUT2D eigenvalue weighted by Crippen LogP contribution is -2.30. The molecular formula is C28H28N2O3. The van der Waals surface area contributed by atoms with Crippen LogP contribution >= 0.6 is 0 Å². The second-order valence-corrected chi connectivity index (χ2v) is 8.76. The van der Waals surface area contributed by atoms with E-state index in [1.54, 1.807) is 7.11 Å². The Bertz CT molecular complexity index is 1350. The van der Waals surface area contributed by atoms with Crippen molar-refractivity contribution in [3.63, 3.8) is 0 Å². The Labute approximate surface area is 194 Å². The van der Waals surface area contributed by atoms with Crippen molar-refractivity contribution in [3.05, 3.63) is 101 Å². The molecule has 0 radical (unpaired) electrons. The number of anilines is 1. The predicted molar refractivity (Wildman–Crippen MR) is 131 cm³/mol. The fraction of sp³-hybridized carbons (Fsp3) is 0.250. The summed E-state index contributed by atoms with van der Waals surface area (Å²) >= 11 is 0. The van der Waals surface area contributed by atoms with Gasteiger partial charge in [0, 0.05) is 67.2 Å². The van der Waals surface area contributed by atoms with E-state index in [1.807, 2.05) is 50.5 Å². The lowest BCUT2D eigenvalue weighted by molar-refractivity contribution is 0.0253. The average Bonchev–Trinajstić information content (AvgIpc) is 3.34. The number of hydrogen-bond acceptors (Lipinski definition) is 4. The molecule has 168 valence electrons. The molecule has 1 aliphatic rings. The number of cyclic esters (lactones) is 1. The predicted octanol–water partition coefficient (Wildman–Crippen LogP) is 5.12. The van der Waals surface area contributed by atoms with Gasteiger partial charge < -0.3 is 18.9 Å². The van der Waals surface area contributed by atoms with E-state index in [9.17, 15) is 4.79 Å². The minimum absolute atomic E-state index is 0.296. The van der Waals surface area contributed by atoms with E-state index < -0.39 is 5.60 Å². The number of esters is 1. The summed E-state index contributed by atoms with van der Waals surface area (Å²) in [5.74, 6) is -0.296. The van der Waals surface area contributed by atoms with Crippen molar-refractivity contribution in [2.75, 3.05) is 32.7 Å². The van der Waals surface area contributed by atoms with Crippen molar-refractivity contribution in [1.82, 2.24) is 4.57 Å². The number of carbonyl (C=O) groups is 1. The van der Waals surface area contributed by atoms with Gasteiger partial charge in [-0.15, -0.1) is 0 Å². The molecule has 1 aromatic heterocycles. The number of benzene rings is 3. The van der Waals surface area contributed by atoms with Crippen molar-refractivity contribution in [2.45, 2.75) is 19.1 Å². The van der Waals surface area contributed by atoms with Crippen LogP contribution in [-0.2, 0) is 21.6 Å². The van der Waals surface area contributed by atoms with Crippen LogP contribution in [0.1, 0.15) is 32.6 Å². The molecule has 5 nitrogen and oxygen atoms in total. The molecule has 5 rings (SSSR count). The molecule has 0 saturated carbocycles. The van der Waals surface area contributed by atoms with Crippen LogP contribution in [0.4, 0.5) is 5.69 Å². The topological polar surface area (TPSA) is 43.7 Å². The summed E-state index contributed by atoms with van der Waals surface area (Å²) in [6.07, 6.45) is 2.12. The third-order valence-electron chi connectivity index (χ3n) is 6.58. The number of para-hydroxylation sites is 1. The summed E-state index contributed by atoms with van der Waals surface area (Å²) < 4.78 is 13.9. The maximum Gasteiger partial charge on any atom is 0.340 e. The molecule has 4 aromatic rings. The highest BCUT2D eigenvalue weighted by atomic mass is 16.6. The molecule has 0 N–H and O–H groups in total. The minimum atomic E-state index is -1.03. The van der Waals surface area contributed by atoms with Gasteiger partial charge in [-0.2, -0.15) is 0 Å². The molecular weight excluding hydrogens is 412 g/mol. The van der Waals surface area contributed by atoms with Crippen LogP contribution in [-0.4, -0.2) is 38.3 Å². The number of hydrogen-bond donors (Lipinski definition) is 0. The second-order valence-electron chi connectivity index (χ2n) is 8.76. The van der Waals surface area contributed by atoms with Gasteiger partial charge in [0.1, 0.15) is 0 Å². The van der Waals surface area contributed by atoms with E-state index in [0.717, 1.165) is 38.8 Å². The van der Waals surface area contributed by atoms with E-state index >= 15 is 0 Å². The van der Waals surface area contributed by atoms with Crippen molar-refractivity contribution < 1.29 is 14.3 Å². The molecule has 3 aromatic carbocycles. The Kier molecular flexibility index (Phi) is 5.22. The van der Waals surface area contributed by atoms with E-state index in [4.69, 9.17) is 9.47 Å². The normalized spacial score (nSPS) is 17.3. The summed E-state index contributed by atoms with van der Waals surface area (Å²) in [4.78, 5) is 15.2. The highest BCUT2D eigenvalue weighted by Crippen LogP contribution is 2.50. The Balaban J connectivity index is 1.85. The molecule has 5 heteroatoms. The molecule has 0 spiro atoms. The molecule has 0 amide bonds. The number of aryl methyl sites for hydroxylation is 1. The summed E-state index contributed by atoms with van der Waals surface area (Å²) in [6.45, 7) is 3.39. The number of rotatable bonds is 6. The highest BCUT2D eigenvalue weighted by molar-refractivity contribution is 5.98. The van der Waals surface area contributed by atoms with Crippen molar-refractivity contribution in [1.29, 1.82) is 0 Å². The third-order valence-corrected chi connectivity index (χ3v) is 6.58. The van der Waals surface area contributed by atoms with Gasteiger partial charge in [-0.05, 0) is 36.8 Å². The number of fused-ring (bicyclic) bond motifs is 2. The first-order chi connectivity index (χ1) is 16.0. The van der Waals surface area contributed by atoms with Gasteiger partial charge in [0.05, 0.1) is 12.2 Å². The van der Waals surface area contributed by atoms with Crippen LogP contribution in [0.5, 0.6) is 0 Å². The molecule has 0 aliphatic carbocycles. The van der Waals surface area contributed by atoms with Crippen LogP contribution in [0.3, 0.4) is 0 Å². The van der Waals surface area contributed by atoms with Crippen LogP contribution in [0.15, 0.2) is 72.9 Å². The maximum absolute atomic E-state index is 13.2. The fourth-order valence-corrected chi connectivity index (χ4v) is 4.99. The molecule has 0 fully saturated rings. The Hall–Kier alpha value is -3.57. The van der Waals surface area contributed by atoms with Crippen molar-refractivity contribution in [2.24, 2.45) is 0 Å². The lowest BCUT2D eigenvalue weighted by Gasteiger charge is -2.31. The third kappa shape index (κ3) is 3.23. The zero-order valence-electron chi connectivity index (χ0n) is 19.5. The molecule has 0 bridgehead atoms. The summed E-state index contributed by atoms with van der Waals surface area (Å²) in [7, 11) is 5.76. The highest BCUT2D eigenvalue weighted by Gasteiger charge is 2.50. The van der Waals surface area contributed by atoms with Gasteiger partial charge in [-0.3, -0.25) is 0 Å². The minimum Gasteiger partial charge on any atom is -0.440 e. The Morgan fingerprint density at radius 3 is 2.48 bits per heavy atom. The van der Waals surface area contributed by atoms with Gasteiger partial charge in [0.25, 0.3) is 0 Å². The quantitative estimate of drug-likeness (QED) is 0.390. The number of carbonyl (C=O) groups excluding carboxylic acids is 1. The average molecular weight is 441 g/mol. The van der Waals surface area contributed by atoms with Crippen molar-refractivity contribution in [3.8, 4) is 0 Å². The first-order valence-electron chi connectivity index (χ1n) is 11.2. The smallest absolute Gasteiger partial charge is 0.340 e. The summed E-state index contributed by atoms with van der Waals surface area (Å²) in [6, 6.07) is 22.3. The van der Waals surface area contributed by atoms with E-state index in [0.29, 0.717) is 18.7 Å². The molecule has 1 atom stereocenters. The van der Waals surface area contributed by atoms with Crippen LogP contribution in [0.2, 0.25) is 0 Å². The van der Waals surface area contributed by atoms with E-state index in [1.165, 1.54) is 0 Å². The van der Waals surface area contributed by atoms with Crippen LogP contribution < -0.4 is 4.90 Å². The molecule has 1 aliphatic heterocycles. The first kappa shape index (κ1) is 21.3. The first-order valence-corrected chi connectivity index (χ1v) is 11.2. The van der Waals surface area contributed by atoms with Gasteiger partial charge in [0.2, 0.25) is 0 Å². The van der Waals surface area contributed by atoms with E-state index in [2.05, 4.69) is 52.9 Å².